The van der Waals surface area contributed by atoms with Gasteiger partial charge in [-0.2, -0.15) is 0 Å². The van der Waals surface area contributed by atoms with Crippen LogP contribution in [-0.2, 0) is 45.3 Å². The van der Waals surface area contributed by atoms with Crippen molar-refractivity contribution in [2.45, 2.75) is 598 Å². The molecule has 2 aromatic rings. The first-order valence-corrected chi connectivity index (χ1v) is 119. The number of benzene rings is 2. The number of unbranched alkanes of at least 4 members (excludes halogenated alkanes) is 6. The van der Waals surface area contributed by atoms with Gasteiger partial charge in [0.2, 0.25) is 0 Å². The largest absolute Gasteiger partial charge is 0.456 e. The van der Waals surface area contributed by atoms with Crippen LogP contribution < -0.4 is 20.7 Å². The third kappa shape index (κ3) is 88.2. The Morgan fingerprint density at radius 3 is 0.571 bits per heavy atom. The smallest absolute Gasteiger partial charge is 0.317 e. The second-order valence-electron chi connectivity index (χ2n) is 50.9. The molecule has 2 aromatic carbocycles. The van der Waals surface area contributed by atoms with Crippen molar-refractivity contribution >= 4 is 188 Å². The molecule has 0 spiro atoms. The van der Waals surface area contributed by atoms with Gasteiger partial charge in [0.15, 0.2) is 49.9 Å². The summed E-state index contributed by atoms with van der Waals surface area (Å²) in [6, 6.07) is 42.5. The predicted octanol–water partition coefficient (Wildman–Crippen LogP) is 42.9. The molecule has 4 atom stereocenters. The standard InChI is InChI=1S/C18H44O4Si4.C16H30Si2.C15H38O4Si4.C15H28Si2.C10H26OSi2.C9H24OSi2.C8H22OSi2.C7H18Si.C6H16Si.6C2H4/c1-9-13-16-24(6)19-23(5,12-4)20-25(7,17-14-10-2)22-26(8,21-24)18-15-11-3;1-7-9-14-18(5,6)16-12-10-15(11-13-16)17(3,4)8-2;1-9-13-21(6)16-20(5,12-4)17-22(7,14-10-2)19-23(8,18-21)15-11-3;1-7-13-17(5,6)15-11-9-14(10-12-15)16(3,4)8-2;1-7-9-10-13(5,6)11-12(3,4)8-2;1-7-9-12(5,6)10-11(3,4)8-2;1-7-8-11(5,6)9-10(2,3)4;1-5-6-7-8(2,3)4;1-5-6-7(2,3)4;6*1-2/h9-18H2,1-8H3;10-13H,7-9,14H2,1-6H3;9-15H2,1-8H3;9-12H,7-8,13H2,1-6H3;7-10H2,1-6H3;7-9H2,1-6H3;7-8H2,1-6H3;5-7H2,1-4H3;5-6H2,1-4H3;6*1-2H2. The van der Waals surface area contributed by atoms with E-state index < -0.39 is 167 Å². The third-order valence-corrected chi connectivity index (χ3v) is 105. The lowest BCUT2D eigenvalue weighted by molar-refractivity contribution is 0.219. The average molecular weight is 2400 g/mol. The second-order valence-corrected chi connectivity index (χ2v) is 138. The Balaban J connectivity index is -0.000000159. The van der Waals surface area contributed by atoms with E-state index in [0.717, 1.165) is 67.6 Å². The monoisotopic (exact) mass is 2400 g/mol. The van der Waals surface area contributed by atoms with Crippen molar-refractivity contribution in [3.63, 3.8) is 0 Å². The van der Waals surface area contributed by atoms with Gasteiger partial charge >= 0.3 is 68.5 Å². The highest BCUT2D eigenvalue weighted by Gasteiger charge is 2.58. The van der Waals surface area contributed by atoms with Crippen LogP contribution in [0.2, 0.25) is 344 Å². The molecule has 2 fully saturated rings. The maximum absolute atomic E-state index is 6.97. The minimum absolute atomic E-state index is 0.657. The fraction of sp³-hybridized carbons (Fsp3) is 0.793. The summed E-state index contributed by atoms with van der Waals surface area (Å²) in [4.78, 5) is 0. The highest BCUT2D eigenvalue weighted by atomic mass is 28.5. The molecule has 0 aromatic heterocycles. The van der Waals surface area contributed by atoms with Crippen molar-refractivity contribution in [3.8, 4) is 0 Å². The van der Waals surface area contributed by atoms with E-state index in [2.05, 4.69) is 488 Å². The fourth-order valence-electron chi connectivity index (χ4n) is 18.1. The molecule has 4 rings (SSSR count). The van der Waals surface area contributed by atoms with Gasteiger partial charge in [-0.15, -0.1) is 78.9 Å². The molecule has 0 saturated carbocycles. The predicted molar refractivity (Wildman–Crippen MR) is 738 cm³/mol. The van der Waals surface area contributed by atoms with Gasteiger partial charge in [0.1, 0.15) is 0 Å². The minimum atomic E-state index is -2.29. The number of rotatable bonds is 48. The fourth-order valence-corrected chi connectivity index (χ4v) is 100. The molecule has 880 valence electrons. The van der Waals surface area contributed by atoms with Gasteiger partial charge in [-0.25, -0.2) is 0 Å². The molecule has 0 N–H and O–H groups in total. The van der Waals surface area contributed by atoms with Crippen molar-refractivity contribution in [3.05, 3.63) is 127 Å². The van der Waals surface area contributed by atoms with E-state index in [9.17, 15) is 0 Å². The van der Waals surface area contributed by atoms with E-state index in [4.69, 9.17) is 45.3 Å². The summed E-state index contributed by atoms with van der Waals surface area (Å²) in [6.07, 6.45) is 23.7. The van der Waals surface area contributed by atoms with Crippen molar-refractivity contribution in [1.29, 1.82) is 0 Å². The van der Waals surface area contributed by atoms with Crippen LogP contribution in [0.25, 0.3) is 0 Å². The van der Waals surface area contributed by atoms with Crippen LogP contribution in [0.1, 0.15) is 254 Å². The van der Waals surface area contributed by atoms with Crippen molar-refractivity contribution < 1.29 is 45.3 Å². The molecule has 2 saturated heterocycles. The van der Waals surface area contributed by atoms with Gasteiger partial charge in [0, 0.05) is 16.1 Å². The summed E-state index contributed by atoms with van der Waals surface area (Å²) >= 11 is 0. The van der Waals surface area contributed by atoms with Crippen molar-refractivity contribution in [2.75, 3.05) is 0 Å². The van der Waals surface area contributed by atoms with E-state index in [1.165, 1.54) is 169 Å². The molecule has 0 radical (unpaired) electrons. The highest BCUT2D eigenvalue weighted by molar-refractivity contribution is 6.97. The van der Waals surface area contributed by atoms with Crippen LogP contribution in [0.3, 0.4) is 0 Å². The average Bonchev–Trinajstić information content (AvgIpc) is 0.772. The van der Waals surface area contributed by atoms with Gasteiger partial charge in [-0.05, 0) is 216 Å². The van der Waals surface area contributed by atoms with E-state index in [-0.39, 0.29) is 0 Å². The molecule has 11 nitrogen and oxygen atoms in total. The molecular formula is C116H270O11Si20. The van der Waals surface area contributed by atoms with E-state index in [1.807, 2.05) is 0 Å². The van der Waals surface area contributed by atoms with E-state index in [0.29, 0.717) is 0 Å². The summed E-state index contributed by atoms with van der Waals surface area (Å²) < 4.78 is 73.6. The van der Waals surface area contributed by atoms with Gasteiger partial charge in [-0.3, -0.25) is 0 Å². The number of hydrogen-bond acceptors (Lipinski definition) is 11. The zero-order chi connectivity index (χ0) is 119. The molecule has 0 amide bonds. The second kappa shape index (κ2) is 86.6. The SMILES string of the molecule is C=C.C=C.C=C.C=C.C=C.C=C.CCCC[Si](C)(C)C.CCCC[Si](C)(C)O[Si](C)(C)CC.CCCC[Si](C)(C)c1ccc([Si](C)(C)CC)cc1.CCCC[Si]1(C)O[Si](C)(CC)O[Si](C)(CCCC)O[Si](C)(CCCC)O1.CCC[Si](C)(C)C.CCC[Si](C)(C)O[Si](C)(C)C.CCC[Si](C)(C)O[Si](C)(C)CC.CCC[Si](C)(C)c1ccc([Si](C)(C)CC)cc1.CCC[Si]1(C)O[Si](C)(CC)O[Si](C)(CCC)O[Si](C)(CCC)O1. The maximum Gasteiger partial charge on any atom is 0.317 e. The molecular weight excluding hydrogens is 2130 g/mol. The topological polar surface area (TPSA) is 102 Å². The highest BCUT2D eigenvalue weighted by Crippen LogP contribution is 2.41. The van der Waals surface area contributed by atoms with Gasteiger partial charge in [0.25, 0.3) is 0 Å². The molecule has 0 aliphatic carbocycles. The summed E-state index contributed by atoms with van der Waals surface area (Å²) in [5.41, 5.74) is 0. The van der Waals surface area contributed by atoms with Crippen LogP contribution in [0.15, 0.2) is 127 Å². The Morgan fingerprint density at radius 2 is 0.388 bits per heavy atom. The van der Waals surface area contributed by atoms with E-state index in [1.54, 1.807) is 20.7 Å². The molecule has 4 unspecified atom stereocenters. The zero-order valence-electron chi connectivity index (χ0n) is 110. The Labute approximate surface area is 949 Å². The van der Waals surface area contributed by atoms with Crippen molar-refractivity contribution in [1.82, 2.24) is 0 Å². The Kier molecular flexibility index (Phi) is 100. The lowest BCUT2D eigenvalue weighted by Gasteiger charge is -2.50. The Hall–Kier alpha value is 0.778. The van der Waals surface area contributed by atoms with Crippen LogP contribution in [0.5, 0.6) is 0 Å². The zero-order valence-corrected chi connectivity index (χ0v) is 130. The summed E-state index contributed by atoms with van der Waals surface area (Å²) in [5, 5.41) is 6.50. The lowest BCUT2D eigenvalue weighted by Crippen LogP contribution is -2.67. The Morgan fingerprint density at radius 1 is 0.190 bits per heavy atom. The number of hydrogen-bond donors (Lipinski definition) is 0. The molecule has 31 heteroatoms. The molecule has 0 bridgehead atoms. The third-order valence-electron chi connectivity index (χ3n) is 27.0. The normalized spacial score (nSPS) is 21.2. The minimum Gasteiger partial charge on any atom is -0.456 e. The van der Waals surface area contributed by atoms with Crippen LogP contribution in [0.4, 0.5) is 0 Å². The van der Waals surface area contributed by atoms with Crippen LogP contribution in [0, 0.1) is 0 Å². The quantitative estimate of drug-likeness (QED) is 0.0468. The summed E-state index contributed by atoms with van der Waals surface area (Å²) in [6.45, 7) is 161. The molecule has 2 heterocycles. The summed E-state index contributed by atoms with van der Waals surface area (Å²) in [7, 11) is -31.8. The Bertz CT molecular complexity index is 3330. The first-order chi connectivity index (χ1) is 67.4. The molecule has 2 aliphatic heterocycles. The summed E-state index contributed by atoms with van der Waals surface area (Å²) in [5.74, 6) is 0. The van der Waals surface area contributed by atoms with Gasteiger partial charge < -0.3 is 45.3 Å². The van der Waals surface area contributed by atoms with Crippen LogP contribution in [-0.4, -0.2) is 167 Å². The van der Waals surface area contributed by atoms with Crippen molar-refractivity contribution in [2.24, 2.45) is 0 Å². The maximum atomic E-state index is 6.97. The first kappa shape index (κ1) is 170. The first-order valence-electron chi connectivity index (χ1n) is 59.3. The molecule has 147 heavy (non-hydrogen) atoms. The van der Waals surface area contributed by atoms with Crippen LogP contribution >= 0.6 is 0 Å². The van der Waals surface area contributed by atoms with E-state index >= 15 is 0 Å². The van der Waals surface area contributed by atoms with Gasteiger partial charge in [-0.1, -0.05) is 451 Å². The molecule has 2 aliphatic rings. The lowest BCUT2D eigenvalue weighted by atomic mass is 10.4. The van der Waals surface area contributed by atoms with Gasteiger partial charge in [0.05, 0.1) is 32.3 Å².